The third-order valence-electron chi connectivity index (χ3n) is 5.10. The lowest BCUT2D eigenvalue weighted by molar-refractivity contribution is -0.139. The minimum absolute atomic E-state index is 0.0221. The second-order valence-corrected chi connectivity index (χ2v) is 8.10. The van der Waals surface area contributed by atoms with Gasteiger partial charge in [-0.15, -0.1) is 0 Å². The number of imidazole rings is 1. The van der Waals surface area contributed by atoms with E-state index in [0.29, 0.717) is 22.6 Å². The molecule has 0 aliphatic heterocycles. The molecule has 3 aromatic rings. The van der Waals surface area contributed by atoms with Crippen LogP contribution in [-0.4, -0.2) is 43.0 Å². The number of halogens is 2. The first-order valence-electron chi connectivity index (χ1n) is 10.6. The lowest BCUT2D eigenvalue weighted by Crippen LogP contribution is -2.19. The molecule has 174 valence electrons. The monoisotopic (exact) mass is 456 g/mol. The Morgan fingerprint density at radius 1 is 1.00 bits per heavy atom. The van der Waals surface area contributed by atoms with Crippen molar-refractivity contribution in [2.24, 2.45) is 0 Å². The Morgan fingerprint density at radius 2 is 1.55 bits per heavy atom. The smallest absolute Gasteiger partial charge is 0.305 e. The van der Waals surface area contributed by atoms with E-state index in [1.54, 1.807) is 35.0 Å². The molecule has 0 unspecified atom stereocenters. The zero-order chi connectivity index (χ0) is 24.1. The SMILES string of the molecule is CC(C)c1c(-c2ccc(F)cc2)nc(-c2ccc(F)cc2)n1/C=C/[C@@H](O)C[C@@H](O)CC(=O)O. The predicted molar refractivity (Wildman–Crippen MR) is 121 cm³/mol. The molecule has 0 amide bonds. The standard InChI is InChI=1S/C25H26F2N2O4/c1-15(2)24-23(16-3-7-18(26)8-4-16)28-25(17-5-9-19(27)10-6-17)29(24)12-11-20(30)13-21(31)14-22(32)33/h3-12,15,20-21,30-31H,13-14H2,1-2H3,(H,32,33)/b12-11+/t20-,21-/m1/s1. The van der Waals surface area contributed by atoms with Crippen LogP contribution >= 0.6 is 0 Å². The van der Waals surface area contributed by atoms with Gasteiger partial charge in [-0.2, -0.15) is 0 Å². The molecule has 0 spiro atoms. The van der Waals surface area contributed by atoms with Crippen LogP contribution in [0, 0.1) is 11.6 Å². The minimum Gasteiger partial charge on any atom is -0.481 e. The Bertz CT molecular complexity index is 1120. The van der Waals surface area contributed by atoms with E-state index in [0.717, 1.165) is 5.69 Å². The average Bonchev–Trinajstić information content (AvgIpc) is 3.12. The fraction of sp³-hybridized carbons (Fsp3) is 0.280. The van der Waals surface area contributed by atoms with Gasteiger partial charge in [0.2, 0.25) is 0 Å². The first-order chi connectivity index (χ1) is 15.7. The van der Waals surface area contributed by atoms with Crippen molar-refractivity contribution in [1.29, 1.82) is 0 Å². The van der Waals surface area contributed by atoms with Gasteiger partial charge in [0.1, 0.15) is 17.5 Å². The fourth-order valence-corrected chi connectivity index (χ4v) is 3.60. The van der Waals surface area contributed by atoms with Gasteiger partial charge < -0.3 is 19.9 Å². The largest absolute Gasteiger partial charge is 0.481 e. The minimum atomic E-state index is -1.19. The van der Waals surface area contributed by atoms with Crippen LogP contribution in [0.25, 0.3) is 28.8 Å². The Morgan fingerprint density at radius 3 is 2.06 bits per heavy atom. The number of carboxylic acid groups (broad SMARTS) is 1. The molecule has 3 N–H and O–H groups in total. The normalized spacial score (nSPS) is 13.5. The van der Waals surface area contributed by atoms with E-state index >= 15 is 0 Å². The third kappa shape index (κ3) is 6.12. The van der Waals surface area contributed by atoms with Crippen LogP contribution < -0.4 is 0 Å². The number of carboxylic acids is 1. The molecular weight excluding hydrogens is 430 g/mol. The van der Waals surface area contributed by atoms with Crippen molar-refractivity contribution >= 4 is 12.2 Å². The second kappa shape index (κ2) is 10.5. The maximum atomic E-state index is 13.5. The molecule has 33 heavy (non-hydrogen) atoms. The summed E-state index contributed by atoms with van der Waals surface area (Å²) in [5.41, 5.74) is 2.74. The van der Waals surface area contributed by atoms with Gasteiger partial charge in [0, 0.05) is 23.7 Å². The summed E-state index contributed by atoms with van der Waals surface area (Å²) in [5, 5.41) is 28.9. The highest BCUT2D eigenvalue weighted by Gasteiger charge is 2.21. The van der Waals surface area contributed by atoms with Gasteiger partial charge in [-0.1, -0.05) is 13.8 Å². The molecule has 3 rings (SSSR count). The Kier molecular flexibility index (Phi) is 7.73. The highest BCUT2D eigenvalue weighted by Crippen LogP contribution is 2.34. The van der Waals surface area contributed by atoms with Crippen LogP contribution in [0.3, 0.4) is 0 Å². The van der Waals surface area contributed by atoms with Crippen molar-refractivity contribution in [3.05, 3.63) is 71.9 Å². The van der Waals surface area contributed by atoms with Gasteiger partial charge in [0.15, 0.2) is 0 Å². The molecular formula is C25H26F2N2O4. The van der Waals surface area contributed by atoms with E-state index in [9.17, 15) is 23.8 Å². The number of hydrogen-bond donors (Lipinski definition) is 3. The maximum absolute atomic E-state index is 13.5. The summed E-state index contributed by atoms with van der Waals surface area (Å²) in [6, 6.07) is 11.8. The summed E-state index contributed by atoms with van der Waals surface area (Å²) in [5.74, 6) is -1.44. The molecule has 0 saturated heterocycles. The quantitative estimate of drug-likeness (QED) is 0.435. The van der Waals surface area contributed by atoms with Gasteiger partial charge in [0.25, 0.3) is 0 Å². The average molecular weight is 456 g/mol. The van der Waals surface area contributed by atoms with Gasteiger partial charge in [-0.3, -0.25) is 4.79 Å². The lowest BCUT2D eigenvalue weighted by Gasteiger charge is -2.14. The highest BCUT2D eigenvalue weighted by atomic mass is 19.1. The molecule has 1 heterocycles. The summed E-state index contributed by atoms with van der Waals surface area (Å²) in [6.07, 6.45) is 0.137. The van der Waals surface area contributed by atoms with Gasteiger partial charge in [-0.05, 0) is 60.5 Å². The predicted octanol–water partition coefficient (Wildman–Crippen LogP) is 4.68. The van der Waals surface area contributed by atoms with Crippen molar-refractivity contribution < 1.29 is 28.9 Å². The lowest BCUT2D eigenvalue weighted by atomic mass is 10.0. The van der Waals surface area contributed by atoms with Crippen molar-refractivity contribution in [3.8, 4) is 22.6 Å². The zero-order valence-electron chi connectivity index (χ0n) is 18.3. The highest BCUT2D eigenvalue weighted by molar-refractivity contribution is 5.71. The van der Waals surface area contributed by atoms with Crippen LogP contribution in [0.4, 0.5) is 8.78 Å². The zero-order valence-corrected chi connectivity index (χ0v) is 18.3. The molecule has 6 nitrogen and oxygen atoms in total. The molecule has 1 aromatic heterocycles. The second-order valence-electron chi connectivity index (χ2n) is 8.10. The van der Waals surface area contributed by atoms with E-state index < -0.39 is 30.4 Å². The summed E-state index contributed by atoms with van der Waals surface area (Å²) in [6.45, 7) is 3.94. The first kappa shape index (κ1) is 24.3. The van der Waals surface area contributed by atoms with Crippen LogP contribution in [0.1, 0.15) is 38.3 Å². The Balaban J connectivity index is 2.08. The van der Waals surface area contributed by atoms with E-state index in [1.165, 1.54) is 30.3 Å². The van der Waals surface area contributed by atoms with Crippen molar-refractivity contribution in [1.82, 2.24) is 9.55 Å². The molecule has 2 atom stereocenters. The van der Waals surface area contributed by atoms with Gasteiger partial charge in [-0.25, -0.2) is 13.8 Å². The van der Waals surface area contributed by atoms with E-state index in [2.05, 4.69) is 0 Å². The number of nitrogens with zero attached hydrogens (tertiary/aromatic N) is 2. The van der Waals surface area contributed by atoms with Crippen LogP contribution in [-0.2, 0) is 4.79 Å². The number of aliphatic hydroxyl groups is 2. The Labute approximate surface area is 190 Å². The number of carbonyl (C=O) groups is 1. The molecule has 0 bridgehead atoms. The summed E-state index contributed by atoms with van der Waals surface area (Å²) in [7, 11) is 0. The summed E-state index contributed by atoms with van der Waals surface area (Å²) in [4.78, 5) is 15.5. The molecule has 0 aliphatic rings. The van der Waals surface area contributed by atoms with E-state index in [-0.39, 0.29) is 18.2 Å². The molecule has 2 aromatic carbocycles. The number of benzene rings is 2. The fourth-order valence-electron chi connectivity index (χ4n) is 3.60. The van der Waals surface area contributed by atoms with Gasteiger partial charge in [0.05, 0.1) is 30.0 Å². The van der Waals surface area contributed by atoms with Gasteiger partial charge >= 0.3 is 5.97 Å². The Hall–Kier alpha value is -3.36. The number of aromatic nitrogens is 2. The van der Waals surface area contributed by atoms with Crippen LogP contribution in [0.5, 0.6) is 0 Å². The molecule has 8 heteroatoms. The van der Waals surface area contributed by atoms with Crippen LogP contribution in [0.15, 0.2) is 54.6 Å². The maximum Gasteiger partial charge on any atom is 0.305 e. The number of aliphatic carboxylic acids is 1. The molecule has 0 aliphatic carbocycles. The number of aliphatic hydroxyl groups excluding tert-OH is 2. The van der Waals surface area contributed by atoms with E-state index in [1.807, 2.05) is 13.8 Å². The molecule has 0 radical (unpaired) electrons. The number of rotatable bonds is 9. The van der Waals surface area contributed by atoms with Crippen molar-refractivity contribution in [2.75, 3.05) is 0 Å². The topological polar surface area (TPSA) is 95.6 Å². The van der Waals surface area contributed by atoms with Crippen LogP contribution in [0.2, 0.25) is 0 Å². The van der Waals surface area contributed by atoms with E-state index in [4.69, 9.17) is 10.1 Å². The molecule has 0 fully saturated rings. The van der Waals surface area contributed by atoms with Crippen molar-refractivity contribution in [3.63, 3.8) is 0 Å². The van der Waals surface area contributed by atoms with Crippen molar-refractivity contribution in [2.45, 2.75) is 44.8 Å². The third-order valence-corrected chi connectivity index (χ3v) is 5.10. The molecule has 0 saturated carbocycles. The summed E-state index contributed by atoms with van der Waals surface area (Å²) < 4.78 is 28.8. The summed E-state index contributed by atoms with van der Waals surface area (Å²) >= 11 is 0. The number of hydrogen-bond acceptors (Lipinski definition) is 4. The first-order valence-corrected chi connectivity index (χ1v) is 10.6.